The molecule has 1 aliphatic rings. The van der Waals surface area contributed by atoms with Crippen molar-refractivity contribution in [3.63, 3.8) is 0 Å². The lowest BCUT2D eigenvalue weighted by Gasteiger charge is -2.22. The van der Waals surface area contributed by atoms with Gasteiger partial charge in [0, 0.05) is 28.5 Å². The standard InChI is InChI=1S/C29H30N2O4/c1-17-8-9-24(14-18(17)2)31-21(5)27(29(33)35-7)28(32)26(31)16-22-15-19(3)30(20(22)4)23-10-12-25(34-6)13-11-23/h8-16H,1-7H3/b26-16-. The number of allylic oxidation sites excluding steroid dienone is 2. The van der Waals surface area contributed by atoms with Crippen LogP contribution in [0.4, 0.5) is 5.69 Å². The average Bonchev–Trinajstić information content (AvgIpc) is 3.26. The first-order chi connectivity index (χ1) is 16.7. The monoisotopic (exact) mass is 470 g/mol. The van der Waals surface area contributed by atoms with Crippen molar-refractivity contribution >= 4 is 23.5 Å². The number of hydrogen-bond acceptors (Lipinski definition) is 5. The Morgan fingerprint density at radius 2 is 1.51 bits per heavy atom. The van der Waals surface area contributed by atoms with Crippen LogP contribution < -0.4 is 9.64 Å². The third-order valence-electron chi connectivity index (χ3n) is 6.63. The van der Waals surface area contributed by atoms with Gasteiger partial charge < -0.3 is 18.9 Å². The third-order valence-corrected chi connectivity index (χ3v) is 6.63. The summed E-state index contributed by atoms with van der Waals surface area (Å²) < 4.78 is 12.4. The maximum atomic E-state index is 13.5. The van der Waals surface area contributed by atoms with E-state index in [-0.39, 0.29) is 11.4 Å². The number of anilines is 1. The molecule has 0 radical (unpaired) electrons. The molecule has 35 heavy (non-hydrogen) atoms. The maximum Gasteiger partial charge on any atom is 0.343 e. The Morgan fingerprint density at radius 1 is 0.857 bits per heavy atom. The highest BCUT2D eigenvalue weighted by molar-refractivity contribution is 6.30. The van der Waals surface area contributed by atoms with Crippen LogP contribution in [0.25, 0.3) is 11.8 Å². The number of hydrogen-bond donors (Lipinski definition) is 0. The molecule has 1 aliphatic heterocycles. The number of nitrogens with zero attached hydrogens (tertiary/aromatic N) is 2. The predicted octanol–water partition coefficient (Wildman–Crippen LogP) is 5.60. The smallest absolute Gasteiger partial charge is 0.343 e. The number of Topliss-reactive ketones (excluding diaryl/α,β-unsaturated/α-hetero) is 1. The molecule has 2 aromatic carbocycles. The van der Waals surface area contributed by atoms with Gasteiger partial charge in [-0.1, -0.05) is 6.07 Å². The van der Waals surface area contributed by atoms with Gasteiger partial charge in [0.05, 0.1) is 19.9 Å². The number of ketones is 1. The van der Waals surface area contributed by atoms with Gasteiger partial charge in [-0.2, -0.15) is 0 Å². The molecule has 180 valence electrons. The molecule has 0 N–H and O–H groups in total. The molecule has 0 fully saturated rings. The molecule has 4 rings (SSSR count). The minimum atomic E-state index is -0.631. The Hall–Kier alpha value is -4.06. The number of rotatable bonds is 5. The number of aryl methyl sites for hydroxylation is 3. The Bertz CT molecular complexity index is 1390. The van der Waals surface area contributed by atoms with Gasteiger partial charge >= 0.3 is 5.97 Å². The molecule has 0 atom stereocenters. The third kappa shape index (κ3) is 4.16. The van der Waals surface area contributed by atoms with Crippen LogP contribution in [0.5, 0.6) is 5.75 Å². The molecule has 0 unspecified atom stereocenters. The first-order valence-corrected chi connectivity index (χ1v) is 11.4. The highest BCUT2D eigenvalue weighted by atomic mass is 16.5. The summed E-state index contributed by atoms with van der Waals surface area (Å²) in [5, 5.41) is 0. The molecular formula is C29H30N2O4. The van der Waals surface area contributed by atoms with Crippen molar-refractivity contribution in [1.29, 1.82) is 0 Å². The fourth-order valence-electron chi connectivity index (χ4n) is 4.57. The first-order valence-electron chi connectivity index (χ1n) is 11.4. The minimum absolute atomic E-state index is 0.0564. The number of methoxy groups -OCH3 is 2. The summed E-state index contributed by atoms with van der Waals surface area (Å²) >= 11 is 0. The van der Waals surface area contributed by atoms with E-state index in [1.54, 1.807) is 14.0 Å². The van der Waals surface area contributed by atoms with Crippen molar-refractivity contribution in [1.82, 2.24) is 4.57 Å². The molecule has 0 spiro atoms. The van der Waals surface area contributed by atoms with E-state index in [1.165, 1.54) is 7.11 Å². The fourth-order valence-corrected chi connectivity index (χ4v) is 4.57. The first kappa shape index (κ1) is 24.1. The van der Waals surface area contributed by atoms with Crippen molar-refractivity contribution in [2.24, 2.45) is 0 Å². The zero-order valence-electron chi connectivity index (χ0n) is 21.2. The van der Waals surface area contributed by atoms with Crippen molar-refractivity contribution in [3.05, 3.63) is 93.6 Å². The van der Waals surface area contributed by atoms with E-state index < -0.39 is 5.97 Å². The molecule has 6 heteroatoms. The predicted molar refractivity (Wildman–Crippen MR) is 138 cm³/mol. The second-order valence-electron chi connectivity index (χ2n) is 8.77. The largest absolute Gasteiger partial charge is 0.497 e. The van der Waals surface area contributed by atoms with E-state index in [0.29, 0.717) is 11.4 Å². The zero-order chi connectivity index (χ0) is 25.4. The number of esters is 1. The summed E-state index contributed by atoms with van der Waals surface area (Å²) in [5.74, 6) is -0.189. The van der Waals surface area contributed by atoms with E-state index >= 15 is 0 Å². The number of ether oxygens (including phenoxy) is 2. The summed E-state index contributed by atoms with van der Waals surface area (Å²) in [4.78, 5) is 27.9. The molecule has 0 saturated carbocycles. The Kier molecular flexibility index (Phi) is 6.39. The minimum Gasteiger partial charge on any atom is -0.497 e. The summed E-state index contributed by atoms with van der Waals surface area (Å²) in [6.45, 7) is 9.90. The van der Waals surface area contributed by atoms with Crippen LogP contribution in [0, 0.1) is 27.7 Å². The molecular weight excluding hydrogens is 440 g/mol. The van der Waals surface area contributed by atoms with Crippen molar-refractivity contribution in [3.8, 4) is 11.4 Å². The van der Waals surface area contributed by atoms with Crippen LogP contribution in [0.2, 0.25) is 0 Å². The lowest BCUT2D eigenvalue weighted by atomic mass is 10.1. The van der Waals surface area contributed by atoms with E-state index in [1.807, 2.05) is 87.2 Å². The molecule has 0 amide bonds. The van der Waals surface area contributed by atoms with Gasteiger partial charge in [0.15, 0.2) is 0 Å². The van der Waals surface area contributed by atoms with Crippen LogP contribution in [0.1, 0.15) is 35.0 Å². The summed E-state index contributed by atoms with van der Waals surface area (Å²) in [5.41, 5.74) is 8.02. The topological polar surface area (TPSA) is 60.8 Å². The Balaban J connectivity index is 1.86. The van der Waals surface area contributed by atoms with Gasteiger partial charge in [0.1, 0.15) is 11.3 Å². The van der Waals surface area contributed by atoms with Gasteiger partial charge in [-0.3, -0.25) is 4.79 Å². The zero-order valence-corrected chi connectivity index (χ0v) is 21.2. The fraction of sp³-hybridized carbons (Fsp3) is 0.241. The highest BCUT2D eigenvalue weighted by Crippen LogP contribution is 2.37. The van der Waals surface area contributed by atoms with Gasteiger partial charge in [0.25, 0.3) is 0 Å². The quantitative estimate of drug-likeness (QED) is 0.276. The lowest BCUT2D eigenvalue weighted by molar-refractivity contribution is -0.137. The number of aromatic nitrogens is 1. The van der Waals surface area contributed by atoms with Gasteiger partial charge in [-0.25, -0.2) is 4.79 Å². The van der Waals surface area contributed by atoms with E-state index in [9.17, 15) is 9.59 Å². The normalized spacial score (nSPS) is 14.8. The van der Waals surface area contributed by atoms with E-state index in [4.69, 9.17) is 9.47 Å². The van der Waals surface area contributed by atoms with Gasteiger partial charge in [0.2, 0.25) is 5.78 Å². The summed E-state index contributed by atoms with van der Waals surface area (Å²) in [6.07, 6.45) is 1.86. The number of carbonyl (C=O) groups excluding carboxylic acids is 2. The van der Waals surface area contributed by atoms with E-state index in [0.717, 1.165) is 45.2 Å². The Labute approximate surface area is 206 Å². The SMILES string of the molecule is COC(=O)C1=C(C)N(c2ccc(C)c(C)c2)/C(=C\c2cc(C)n(-c3ccc(OC)cc3)c2C)C1=O. The highest BCUT2D eigenvalue weighted by Gasteiger charge is 2.38. The van der Waals surface area contributed by atoms with Crippen LogP contribution >= 0.6 is 0 Å². The van der Waals surface area contributed by atoms with Gasteiger partial charge in [-0.05, 0) is 99.8 Å². The van der Waals surface area contributed by atoms with E-state index in [2.05, 4.69) is 4.57 Å². The second kappa shape index (κ2) is 9.29. The number of carbonyl (C=O) groups is 2. The van der Waals surface area contributed by atoms with Crippen LogP contribution in [-0.4, -0.2) is 30.5 Å². The second-order valence-corrected chi connectivity index (χ2v) is 8.77. The molecule has 0 aliphatic carbocycles. The molecule has 0 saturated heterocycles. The average molecular weight is 471 g/mol. The maximum absolute atomic E-state index is 13.5. The lowest BCUT2D eigenvalue weighted by Crippen LogP contribution is -2.18. The van der Waals surface area contributed by atoms with Gasteiger partial charge in [-0.15, -0.1) is 0 Å². The van der Waals surface area contributed by atoms with Crippen LogP contribution in [-0.2, 0) is 14.3 Å². The molecule has 1 aromatic heterocycles. The van der Waals surface area contributed by atoms with Crippen molar-refractivity contribution in [2.75, 3.05) is 19.1 Å². The molecule has 2 heterocycles. The molecule has 6 nitrogen and oxygen atoms in total. The molecule has 3 aromatic rings. The van der Waals surface area contributed by atoms with Crippen molar-refractivity contribution < 1.29 is 19.1 Å². The summed E-state index contributed by atoms with van der Waals surface area (Å²) in [7, 11) is 2.93. The Morgan fingerprint density at radius 3 is 2.11 bits per heavy atom. The van der Waals surface area contributed by atoms with Crippen molar-refractivity contribution in [2.45, 2.75) is 34.6 Å². The number of benzene rings is 2. The van der Waals surface area contributed by atoms with Crippen LogP contribution in [0.3, 0.4) is 0 Å². The van der Waals surface area contributed by atoms with Crippen LogP contribution in [0.15, 0.2) is 65.5 Å². The molecule has 0 bridgehead atoms. The summed E-state index contributed by atoms with van der Waals surface area (Å²) in [6, 6.07) is 15.9.